The summed E-state index contributed by atoms with van der Waals surface area (Å²) >= 11 is 0. The Bertz CT molecular complexity index is 763. The van der Waals surface area contributed by atoms with Crippen LogP contribution in [-0.4, -0.2) is 40.5 Å². The molecule has 2 aromatic rings. The molecular weight excluding hydrogens is 306 g/mol. The van der Waals surface area contributed by atoms with E-state index in [-0.39, 0.29) is 25.4 Å². The Labute approximate surface area is 139 Å². The third-order valence-electron chi connectivity index (χ3n) is 4.20. The average Bonchev–Trinajstić information content (AvgIpc) is 3.00. The summed E-state index contributed by atoms with van der Waals surface area (Å²) in [5.74, 6) is -1.04. The number of para-hydroxylation sites is 2. The van der Waals surface area contributed by atoms with Crippen molar-refractivity contribution in [1.29, 1.82) is 0 Å². The molecule has 0 aliphatic carbocycles. The standard InChI is InChI=1S/C18H19N3O3/c19-17(23)18(24)10-11-21(12-18)16(22)14-8-4-5-9-15(14)20-13-6-2-1-3-7-13/h1-9,20,24H,10-12H2,(H2,19,23). The molecule has 2 aromatic carbocycles. The quantitative estimate of drug-likeness (QED) is 0.793. The molecule has 0 aromatic heterocycles. The van der Waals surface area contributed by atoms with E-state index in [9.17, 15) is 14.7 Å². The number of hydrogen-bond acceptors (Lipinski definition) is 4. The number of amides is 2. The van der Waals surface area contributed by atoms with E-state index in [0.29, 0.717) is 11.3 Å². The van der Waals surface area contributed by atoms with Crippen LogP contribution < -0.4 is 11.1 Å². The first-order valence-electron chi connectivity index (χ1n) is 7.72. The highest BCUT2D eigenvalue weighted by atomic mass is 16.3. The number of likely N-dealkylation sites (tertiary alicyclic amines) is 1. The molecule has 1 aliphatic heterocycles. The van der Waals surface area contributed by atoms with Gasteiger partial charge in [0.2, 0.25) is 0 Å². The predicted molar refractivity (Wildman–Crippen MR) is 90.8 cm³/mol. The van der Waals surface area contributed by atoms with Crippen LogP contribution in [0.25, 0.3) is 0 Å². The smallest absolute Gasteiger partial charge is 0.256 e. The zero-order chi connectivity index (χ0) is 17.2. The number of aliphatic hydroxyl groups is 1. The van der Waals surface area contributed by atoms with Crippen molar-refractivity contribution >= 4 is 23.2 Å². The average molecular weight is 325 g/mol. The van der Waals surface area contributed by atoms with Crippen LogP contribution >= 0.6 is 0 Å². The molecule has 1 fully saturated rings. The maximum absolute atomic E-state index is 12.8. The van der Waals surface area contributed by atoms with Gasteiger partial charge >= 0.3 is 0 Å². The van der Waals surface area contributed by atoms with E-state index in [1.165, 1.54) is 4.90 Å². The molecule has 0 bridgehead atoms. The van der Waals surface area contributed by atoms with Crippen LogP contribution in [0.1, 0.15) is 16.8 Å². The number of nitrogens with zero attached hydrogens (tertiary/aromatic N) is 1. The van der Waals surface area contributed by atoms with E-state index < -0.39 is 11.5 Å². The van der Waals surface area contributed by atoms with Crippen LogP contribution in [0.5, 0.6) is 0 Å². The van der Waals surface area contributed by atoms with Gasteiger partial charge in [-0.05, 0) is 24.3 Å². The van der Waals surface area contributed by atoms with Gasteiger partial charge in [-0.3, -0.25) is 9.59 Å². The van der Waals surface area contributed by atoms with E-state index in [4.69, 9.17) is 5.73 Å². The van der Waals surface area contributed by atoms with Crippen LogP contribution in [0, 0.1) is 0 Å². The molecule has 1 saturated heterocycles. The topological polar surface area (TPSA) is 95.7 Å². The number of nitrogens with two attached hydrogens (primary N) is 1. The third kappa shape index (κ3) is 3.09. The number of carbonyl (C=O) groups excluding carboxylic acids is 2. The Morgan fingerprint density at radius 3 is 2.42 bits per heavy atom. The first-order chi connectivity index (χ1) is 11.5. The molecule has 0 saturated carbocycles. The lowest BCUT2D eigenvalue weighted by Gasteiger charge is -2.21. The number of nitrogens with one attached hydrogen (secondary N) is 1. The summed E-state index contributed by atoms with van der Waals surface area (Å²) in [5, 5.41) is 13.4. The summed E-state index contributed by atoms with van der Waals surface area (Å²) in [6.45, 7) is 0.207. The fourth-order valence-electron chi connectivity index (χ4n) is 2.79. The molecule has 3 rings (SSSR count). The summed E-state index contributed by atoms with van der Waals surface area (Å²) in [6, 6.07) is 16.7. The van der Waals surface area contributed by atoms with Crippen LogP contribution in [-0.2, 0) is 4.79 Å². The van der Waals surface area contributed by atoms with Crippen molar-refractivity contribution in [3.05, 3.63) is 60.2 Å². The minimum atomic E-state index is -1.64. The minimum absolute atomic E-state index is 0.0825. The number of anilines is 2. The molecule has 6 nitrogen and oxygen atoms in total. The predicted octanol–water partition coefficient (Wildman–Crippen LogP) is 1.49. The lowest BCUT2D eigenvalue weighted by Crippen LogP contribution is -2.46. The molecule has 6 heteroatoms. The fourth-order valence-corrected chi connectivity index (χ4v) is 2.79. The molecule has 0 radical (unpaired) electrons. The Morgan fingerprint density at radius 1 is 1.08 bits per heavy atom. The summed E-state index contributed by atoms with van der Waals surface area (Å²) in [6.07, 6.45) is 0.155. The molecule has 1 unspecified atom stereocenters. The Morgan fingerprint density at radius 2 is 1.75 bits per heavy atom. The first kappa shape index (κ1) is 16.0. The molecule has 0 spiro atoms. The Kier molecular flexibility index (Phi) is 4.22. The van der Waals surface area contributed by atoms with Crippen molar-refractivity contribution in [1.82, 2.24) is 4.90 Å². The molecule has 1 atom stereocenters. The number of carbonyl (C=O) groups is 2. The van der Waals surface area contributed by atoms with Crippen molar-refractivity contribution in [3.63, 3.8) is 0 Å². The SMILES string of the molecule is NC(=O)C1(O)CCN(C(=O)c2ccccc2Nc2ccccc2)C1. The Balaban J connectivity index is 1.82. The number of hydrogen-bond donors (Lipinski definition) is 3. The summed E-state index contributed by atoms with van der Waals surface area (Å²) < 4.78 is 0. The van der Waals surface area contributed by atoms with Crippen LogP contribution in [0.15, 0.2) is 54.6 Å². The summed E-state index contributed by atoms with van der Waals surface area (Å²) in [5.41, 5.74) is 5.60. The van der Waals surface area contributed by atoms with Gasteiger partial charge in [0, 0.05) is 18.7 Å². The molecule has 2 amide bonds. The van der Waals surface area contributed by atoms with Crippen molar-refractivity contribution < 1.29 is 14.7 Å². The van der Waals surface area contributed by atoms with Crippen molar-refractivity contribution in [3.8, 4) is 0 Å². The van der Waals surface area contributed by atoms with Gasteiger partial charge < -0.3 is 21.1 Å². The number of β-amino-alcohol motifs (C(OH)–C–C–N with tert-alkyl or cyclic N) is 1. The lowest BCUT2D eigenvalue weighted by atomic mass is 10.0. The first-order valence-corrected chi connectivity index (χ1v) is 7.72. The van der Waals surface area contributed by atoms with Gasteiger partial charge in [0.15, 0.2) is 5.60 Å². The zero-order valence-electron chi connectivity index (χ0n) is 13.1. The minimum Gasteiger partial charge on any atom is -0.378 e. The van der Waals surface area contributed by atoms with Gasteiger partial charge in [0.25, 0.3) is 11.8 Å². The van der Waals surface area contributed by atoms with Gasteiger partial charge in [0.1, 0.15) is 0 Å². The van der Waals surface area contributed by atoms with E-state index in [1.807, 2.05) is 42.5 Å². The van der Waals surface area contributed by atoms with Crippen LogP contribution in [0.3, 0.4) is 0 Å². The molecule has 24 heavy (non-hydrogen) atoms. The van der Waals surface area contributed by atoms with E-state index in [0.717, 1.165) is 5.69 Å². The monoisotopic (exact) mass is 325 g/mol. The van der Waals surface area contributed by atoms with Gasteiger partial charge in [0.05, 0.1) is 17.8 Å². The van der Waals surface area contributed by atoms with Gasteiger partial charge in [-0.2, -0.15) is 0 Å². The second-order valence-corrected chi connectivity index (χ2v) is 5.91. The molecule has 1 heterocycles. The van der Waals surface area contributed by atoms with Crippen LogP contribution in [0.2, 0.25) is 0 Å². The van der Waals surface area contributed by atoms with Crippen molar-refractivity contribution in [2.24, 2.45) is 5.73 Å². The highest BCUT2D eigenvalue weighted by Gasteiger charge is 2.43. The van der Waals surface area contributed by atoms with E-state index in [2.05, 4.69) is 5.32 Å². The largest absolute Gasteiger partial charge is 0.378 e. The Hall–Kier alpha value is -2.86. The maximum Gasteiger partial charge on any atom is 0.256 e. The molecule has 124 valence electrons. The van der Waals surface area contributed by atoms with Gasteiger partial charge in [-0.25, -0.2) is 0 Å². The number of benzene rings is 2. The van der Waals surface area contributed by atoms with Crippen LogP contribution in [0.4, 0.5) is 11.4 Å². The molecule has 1 aliphatic rings. The second kappa shape index (κ2) is 6.33. The van der Waals surface area contributed by atoms with E-state index in [1.54, 1.807) is 12.1 Å². The molecular formula is C18H19N3O3. The third-order valence-corrected chi connectivity index (χ3v) is 4.20. The maximum atomic E-state index is 12.8. The normalized spacial score (nSPS) is 20.0. The second-order valence-electron chi connectivity index (χ2n) is 5.91. The van der Waals surface area contributed by atoms with Gasteiger partial charge in [-0.1, -0.05) is 30.3 Å². The highest BCUT2D eigenvalue weighted by Crippen LogP contribution is 2.26. The summed E-state index contributed by atoms with van der Waals surface area (Å²) in [4.78, 5) is 25.6. The molecule has 4 N–H and O–H groups in total. The number of primary amides is 1. The van der Waals surface area contributed by atoms with Crippen molar-refractivity contribution in [2.75, 3.05) is 18.4 Å². The zero-order valence-corrected chi connectivity index (χ0v) is 13.1. The van der Waals surface area contributed by atoms with Crippen molar-refractivity contribution in [2.45, 2.75) is 12.0 Å². The lowest BCUT2D eigenvalue weighted by molar-refractivity contribution is -0.134. The van der Waals surface area contributed by atoms with Gasteiger partial charge in [-0.15, -0.1) is 0 Å². The fraction of sp³-hybridized carbons (Fsp3) is 0.222. The summed E-state index contributed by atoms with van der Waals surface area (Å²) in [7, 11) is 0. The highest BCUT2D eigenvalue weighted by molar-refractivity contribution is 6.01. The number of rotatable bonds is 4. The van der Waals surface area contributed by atoms with E-state index >= 15 is 0 Å².